The summed E-state index contributed by atoms with van der Waals surface area (Å²) >= 11 is 0. The summed E-state index contributed by atoms with van der Waals surface area (Å²) in [6, 6.07) is 18.3. The number of nitrogens with zero attached hydrogens (tertiary/aromatic N) is 2. The lowest BCUT2D eigenvalue weighted by atomic mass is 10.1. The first-order valence-corrected chi connectivity index (χ1v) is 8.17. The summed E-state index contributed by atoms with van der Waals surface area (Å²) in [6.07, 6.45) is 1.40. The second-order valence-corrected chi connectivity index (χ2v) is 5.73. The molecule has 0 aliphatic rings. The molecule has 6 nitrogen and oxygen atoms in total. The lowest BCUT2D eigenvalue weighted by Crippen LogP contribution is -2.31. The molecule has 0 radical (unpaired) electrons. The minimum atomic E-state index is -0.265. The summed E-state index contributed by atoms with van der Waals surface area (Å²) in [5.41, 5.74) is 2.13. The van der Waals surface area contributed by atoms with Crippen LogP contribution in [0.1, 0.15) is 5.56 Å². The number of ether oxygens (including phenoxy) is 1. The Kier molecular flexibility index (Phi) is 5.43. The van der Waals surface area contributed by atoms with Gasteiger partial charge < -0.3 is 10.1 Å². The van der Waals surface area contributed by atoms with Crippen molar-refractivity contribution in [2.45, 2.75) is 13.1 Å². The number of hydrogen-bond donors (Lipinski definition) is 1. The van der Waals surface area contributed by atoms with Crippen LogP contribution >= 0.6 is 0 Å². The Bertz CT molecular complexity index is 935. The van der Waals surface area contributed by atoms with Crippen molar-refractivity contribution in [1.29, 1.82) is 0 Å². The third-order valence-electron chi connectivity index (χ3n) is 3.91. The van der Waals surface area contributed by atoms with E-state index < -0.39 is 0 Å². The predicted molar refractivity (Wildman–Crippen MR) is 98.8 cm³/mol. The van der Waals surface area contributed by atoms with Gasteiger partial charge in [-0.1, -0.05) is 42.5 Å². The second kappa shape index (κ2) is 8.11. The lowest BCUT2D eigenvalue weighted by molar-refractivity contribution is -0.121. The number of benzene rings is 2. The topological polar surface area (TPSA) is 73.2 Å². The molecule has 26 heavy (non-hydrogen) atoms. The minimum absolute atomic E-state index is 0.0724. The van der Waals surface area contributed by atoms with E-state index >= 15 is 0 Å². The Morgan fingerprint density at radius 1 is 1.12 bits per heavy atom. The van der Waals surface area contributed by atoms with Crippen molar-refractivity contribution >= 4 is 5.91 Å². The van der Waals surface area contributed by atoms with Crippen LogP contribution in [-0.2, 0) is 17.9 Å². The minimum Gasteiger partial charge on any atom is -0.497 e. The largest absolute Gasteiger partial charge is 0.497 e. The molecule has 1 N–H and O–H groups in total. The van der Waals surface area contributed by atoms with Gasteiger partial charge >= 0.3 is 0 Å². The normalized spacial score (nSPS) is 10.3. The third kappa shape index (κ3) is 4.36. The highest BCUT2D eigenvalue weighted by atomic mass is 16.5. The molecular formula is C20H19N3O3. The van der Waals surface area contributed by atoms with Crippen LogP contribution in [0.4, 0.5) is 0 Å². The van der Waals surface area contributed by atoms with E-state index in [1.165, 1.54) is 17.0 Å². The molecule has 1 heterocycles. The maximum absolute atomic E-state index is 12.2. The summed E-state index contributed by atoms with van der Waals surface area (Å²) < 4.78 is 6.38. The maximum Gasteiger partial charge on any atom is 0.254 e. The molecule has 0 aliphatic heterocycles. The van der Waals surface area contributed by atoms with Gasteiger partial charge in [0.1, 0.15) is 12.3 Å². The predicted octanol–water partition coefficient (Wildman–Crippen LogP) is 2.24. The standard InChI is InChI=1S/C20H19N3O3/c1-26-17-9-7-15(8-10-17)12-21-19(24)13-23-14-22-18(11-20(23)25)16-5-3-2-4-6-16/h2-11,14H,12-13H2,1H3,(H,21,24). The number of carbonyl (C=O) groups excluding carboxylic acids is 1. The van der Waals surface area contributed by atoms with Gasteiger partial charge in [0.25, 0.3) is 5.56 Å². The van der Waals surface area contributed by atoms with Crippen LogP contribution in [0, 0.1) is 0 Å². The van der Waals surface area contributed by atoms with Gasteiger partial charge in [0.2, 0.25) is 5.91 Å². The monoisotopic (exact) mass is 349 g/mol. The van der Waals surface area contributed by atoms with E-state index in [-0.39, 0.29) is 18.0 Å². The number of hydrogen-bond acceptors (Lipinski definition) is 4. The van der Waals surface area contributed by atoms with E-state index in [0.29, 0.717) is 12.2 Å². The van der Waals surface area contributed by atoms with Gasteiger partial charge in [-0.2, -0.15) is 0 Å². The molecule has 2 aromatic carbocycles. The van der Waals surface area contributed by atoms with Crippen molar-refractivity contribution in [1.82, 2.24) is 14.9 Å². The van der Waals surface area contributed by atoms with E-state index in [9.17, 15) is 9.59 Å². The molecule has 132 valence electrons. The Balaban J connectivity index is 1.61. The van der Waals surface area contributed by atoms with Crippen molar-refractivity contribution in [2.75, 3.05) is 7.11 Å². The quantitative estimate of drug-likeness (QED) is 0.741. The third-order valence-corrected chi connectivity index (χ3v) is 3.91. The van der Waals surface area contributed by atoms with Gasteiger partial charge in [-0.05, 0) is 17.7 Å². The zero-order chi connectivity index (χ0) is 18.4. The van der Waals surface area contributed by atoms with Crippen LogP contribution in [0.5, 0.6) is 5.75 Å². The Hall–Kier alpha value is -3.41. The van der Waals surface area contributed by atoms with Gasteiger partial charge in [0.15, 0.2) is 0 Å². The molecule has 0 saturated carbocycles. The first kappa shape index (κ1) is 17.4. The number of carbonyl (C=O) groups is 1. The summed E-state index contributed by atoms with van der Waals surface area (Å²) in [7, 11) is 1.60. The lowest BCUT2D eigenvalue weighted by Gasteiger charge is -2.08. The molecule has 0 aliphatic carbocycles. The molecule has 1 aromatic heterocycles. The molecule has 0 spiro atoms. The first-order chi connectivity index (χ1) is 12.7. The molecule has 1 amide bonds. The van der Waals surface area contributed by atoms with E-state index in [1.807, 2.05) is 54.6 Å². The zero-order valence-electron chi connectivity index (χ0n) is 14.4. The second-order valence-electron chi connectivity index (χ2n) is 5.73. The number of aromatic nitrogens is 2. The van der Waals surface area contributed by atoms with Crippen LogP contribution in [0.2, 0.25) is 0 Å². The van der Waals surface area contributed by atoms with Crippen LogP contribution < -0.4 is 15.6 Å². The summed E-state index contributed by atoms with van der Waals surface area (Å²) in [5.74, 6) is 0.508. The fourth-order valence-electron chi connectivity index (χ4n) is 2.47. The molecular weight excluding hydrogens is 330 g/mol. The number of nitrogens with one attached hydrogen (secondary N) is 1. The van der Waals surface area contributed by atoms with Gasteiger partial charge in [0, 0.05) is 18.2 Å². The average molecular weight is 349 g/mol. The molecule has 0 bridgehead atoms. The Morgan fingerprint density at radius 3 is 2.50 bits per heavy atom. The van der Waals surface area contributed by atoms with Crippen LogP contribution in [-0.4, -0.2) is 22.6 Å². The van der Waals surface area contributed by atoms with Gasteiger partial charge in [-0.3, -0.25) is 14.2 Å². The van der Waals surface area contributed by atoms with Crippen molar-refractivity contribution in [2.24, 2.45) is 0 Å². The molecule has 0 atom stereocenters. The molecule has 3 rings (SSSR count). The van der Waals surface area contributed by atoms with Gasteiger partial charge in [-0.15, -0.1) is 0 Å². The first-order valence-electron chi connectivity index (χ1n) is 8.17. The van der Waals surface area contributed by atoms with E-state index in [0.717, 1.165) is 16.9 Å². The molecule has 3 aromatic rings. The highest BCUT2D eigenvalue weighted by Crippen LogP contribution is 2.13. The van der Waals surface area contributed by atoms with E-state index in [2.05, 4.69) is 10.3 Å². The summed E-state index contributed by atoms with van der Waals surface area (Å²) in [6.45, 7) is 0.310. The fourth-order valence-corrected chi connectivity index (χ4v) is 2.47. The summed E-state index contributed by atoms with van der Waals surface area (Å²) in [5, 5.41) is 2.79. The average Bonchev–Trinajstić information content (AvgIpc) is 2.69. The number of amides is 1. The summed E-state index contributed by atoms with van der Waals surface area (Å²) in [4.78, 5) is 28.6. The van der Waals surface area contributed by atoms with Crippen molar-refractivity contribution in [3.8, 4) is 17.0 Å². The molecule has 6 heteroatoms. The Labute approximate surface area is 151 Å². The molecule has 0 fully saturated rings. The van der Waals surface area contributed by atoms with E-state index in [1.54, 1.807) is 7.11 Å². The van der Waals surface area contributed by atoms with E-state index in [4.69, 9.17) is 4.74 Å². The van der Waals surface area contributed by atoms with Crippen LogP contribution in [0.25, 0.3) is 11.3 Å². The van der Waals surface area contributed by atoms with Crippen molar-refractivity contribution in [3.63, 3.8) is 0 Å². The van der Waals surface area contributed by atoms with Crippen LogP contribution in [0.3, 0.4) is 0 Å². The highest BCUT2D eigenvalue weighted by molar-refractivity contribution is 5.75. The number of methoxy groups -OCH3 is 1. The van der Waals surface area contributed by atoms with Gasteiger partial charge in [0.05, 0.1) is 19.1 Å². The molecule has 0 saturated heterocycles. The van der Waals surface area contributed by atoms with Crippen LogP contribution in [0.15, 0.2) is 71.8 Å². The fraction of sp³-hybridized carbons (Fsp3) is 0.150. The molecule has 0 unspecified atom stereocenters. The van der Waals surface area contributed by atoms with Crippen molar-refractivity contribution < 1.29 is 9.53 Å². The maximum atomic E-state index is 12.2. The number of rotatable bonds is 6. The highest BCUT2D eigenvalue weighted by Gasteiger charge is 2.07. The smallest absolute Gasteiger partial charge is 0.254 e. The Morgan fingerprint density at radius 2 is 1.85 bits per heavy atom. The SMILES string of the molecule is COc1ccc(CNC(=O)Cn2cnc(-c3ccccc3)cc2=O)cc1. The zero-order valence-corrected chi connectivity index (χ0v) is 14.4. The van der Waals surface area contributed by atoms with Crippen molar-refractivity contribution in [3.05, 3.63) is 82.9 Å². The van der Waals surface area contributed by atoms with Gasteiger partial charge in [-0.25, -0.2) is 4.98 Å².